The number of primary amides is 1. The van der Waals surface area contributed by atoms with Gasteiger partial charge in [-0.15, -0.1) is 0 Å². The molecule has 0 unspecified atom stereocenters. The lowest BCUT2D eigenvalue weighted by Crippen LogP contribution is -2.44. The summed E-state index contributed by atoms with van der Waals surface area (Å²) in [5.74, 6) is -0.218. The molecule has 2 aromatic rings. The molecular weight excluding hydrogens is 346 g/mol. The molecule has 1 aliphatic rings. The van der Waals surface area contributed by atoms with Gasteiger partial charge in [0.1, 0.15) is 12.4 Å². The highest BCUT2D eigenvalue weighted by Gasteiger charge is 2.26. The molecule has 140 valence electrons. The second kappa shape index (κ2) is 8.35. The van der Waals surface area contributed by atoms with Crippen LogP contribution in [-0.4, -0.2) is 42.4 Å². The number of para-hydroxylation sites is 1. The predicted octanol–water partition coefficient (Wildman–Crippen LogP) is 1.78. The van der Waals surface area contributed by atoms with Crippen LogP contribution in [0, 0.1) is 0 Å². The molecule has 2 aromatic carbocycles. The van der Waals surface area contributed by atoms with Crippen molar-refractivity contribution in [3.63, 3.8) is 0 Å². The van der Waals surface area contributed by atoms with Gasteiger partial charge in [0.15, 0.2) is 6.61 Å². The standard InChI is InChI=1S/C20H21N3O4/c21-20(26)15-8-10-16(11-9-15)23(14-22-12-4-7-18(22)24)19(25)13-27-17-5-2-1-3-6-17/h1-3,5-6,8-11H,4,7,12-14H2,(H2,21,26). The van der Waals surface area contributed by atoms with Crippen molar-refractivity contribution >= 4 is 23.4 Å². The topological polar surface area (TPSA) is 92.9 Å². The molecule has 7 nitrogen and oxygen atoms in total. The van der Waals surface area contributed by atoms with Crippen molar-refractivity contribution in [3.05, 3.63) is 60.2 Å². The first kappa shape index (κ1) is 18.4. The highest BCUT2D eigenvalue weighted by molar-refractivity contribution is 5.97. The summed E-state index contributed by atoms with van der Waals surface area (Å²) in [5, 5.41) is 0. The van der Waals surface area contributed by atoms with E-state index >= 15 is 0 Å². The van der Waals surface area contributed by atoms with Gasteiger partial charge in [-0.2, -0.15) is 0 Å². The number of hydrogen-bond donors (Lipinski definition) is 1. The smallest absolute Gasteiger partial charge is 0.266 e. The average molecular weight is 367 g/mol. The summed E-state index contributed by atoms with van der Waals surface area (Å²) in [6.07, 6.45) is 1.27. The van der Waals surface area contributed by atoms with Crippen LogP contribution < -0.4 is 15.4 Å². The monoisotopic (exact) mass is 367 g/mol. The fourth-order valence-corrected chi connectivity index (χ4v) is 2.87. The number of hydrogen-bond acceptors (Lipinski definition) is 4. The molecule has 1 fully saturated rings. The normalized spacial score (nSPS) is 13.5. The molecule has 27 heavy (non-hydrogen) atoms. The van der Waals surface area contributed by atoms with Gasteiger partial charge in [-0.25, -0.2) is 0 Å². The number of benzene rings is 2. The first-order chi connectivity index (χ1) is 13.0. The number of carbonyl (C=O) groups is 3. The number of rotatable bonds is 7. The zero-order valence-corrected chi connectivity index (χ0v) is 14.8. The van der Waals surface area contributed by atoms with Crippen LogP contribution in [0.15, 0.2) is 54.6 Å². The van der Waals surface area contributed by atoms with Crippen LogP contribution in [0.4, 0.5) is 5.69 Å². The number of carbonyl (C=O) groups excluding carboxylic acids is 3. The third-order valence-corrected chi connectivity index (χ3v) is 4.35. The molecule has 0 saturated carbocycles. The SMILES string of the molecule is NC(=O)c1ccc(N(CN2CCCC2=O)C(=O)COc2ccccc2)cc1. The lowest BCUT2D eigenvalue weighted by molar-refractivity contribution is -0.128. The second-order valence-corrected chi connectivity index (χ2v) is 6.24. The average Bonchev–Trinajstić information content (AvgIpc) is 3.09. The number of nitrogens with zero attached hydrogens (tertiary/aromatic N) is 2. The van der Waals surface area contributed by atoms with Gasteiger partial charge in [-0.05, 0) is 42.8 Å². The van der Waals surface area contributed by atoms with Gasteiger partial charge in [0.2, 0.25) is 11.8 Å². The van der Waals surface area contributed by atoms with Crippen LogP contribution in [0.3, 0.4) is 0 Å². The Balaban J connectivity index is 1.76. The molecule has 3 amide bonds. The maximum absolute atomic E-state index is 12.8. The van der Waals surface area contributed by atoms with E-state index in [4.69, 9.17) is 10.5 Å². The predicted molar refractivity (Wildman–Crippen MR) is 100 cm³/mol. The largest absolute Gasteiger partial charge is 0.484 e. The Labute approximate surface area is 157 Å². The maximum atomic E-state index is 12.8. The quantitative estimate of drug-likeness (QED) is 0.807. The van der Waals surface area contributed by atoms with Crippen LogP contribution in [-0.2, 0) is 9.59 Å². The molecule has 0 spiro atoms. The van der Waals surface area contributed by atoms with Crippen molar-refractivity contribution in [1.29, 1.82) is 0 Å². The van der Waals surface area contributed by atoms with E-state index in [0.717, 1.165) is 6.42 Å². The summed E-state index contributed by atoms with van der Waals surface area (Å²) in [7, 11) is 0. The van der Waals surface area contributed by atoms with E-state index in [1.54, 1.807) is 41.3 Å². The van der Waals surface area contributed by atoms with Gasteiger partial charge >= 0.3 is 0 Å². The van der Waals surface area contributed by atoms with Crippen LogP contribution in [0.5, 0.6) is 5.75 Å². The molecule has 0 aliphatic carbocycles. The number of nitrogens with two attached hydrogens (primary N) is 1. The molecule has 0 bridgehead atoms. The van der Waals surface area contributed by atoms with Gasteiger partial charge in [0.25, 0.3) is 5.91 Å². The Morgan fingerprint density at radius 2 is 1.78 bits per heavy atom. The fraction of sp³-hybridized carbons (Fsp3) is 0.250. The number of anilines is 1. The summed E-state index contributed by atoms with van der Waals surface area (Å²) in [6.45, 7) is 0.594. The van der Waals surface area contributed by atoms with Crippen LogP contribution in [0.2, 0.25) is 0 Å². The molecule has 0 radical (unpaired) electrons. The molecule has 0 aromatic heterocycles. The lowest BCUT2D eigenvalue weighted by atomic mass is 10.2. The summed E-state index contributed by atoms with van der Waals surface area (Å²) in [5.41, 5.74) is 6.19. The van der Waals surface area contributed by atoms with Crippen LogP contribution in [0.25, 0.3) is 0 Å². The molecule has 1 heterocycles. The van der Waals surface area contributed by atoms with Crippen molar-refractivity contribution in [2.45, 2.75) is 12.8 Å². The third-order valence-electron chi connectivity index (χ3n) is 4.35. The maximum Gasteiger partial charge on any atom is 0.266 e. The van der Waals surface area contributed by atoms with E-state index in [9.17, 15) is 14.4 Å². The lowest BCUT2D eigenvalue weighted by Gasteiger charge is -2.28. The highest BCUT2D eigenvalue weighted by Crippen LogP contribution is 2.19. The fourth-order valence-electron chi connectivity index (χ4n) is 2.87. The molecule has 7 heteroatoms. The first-order valence-electron chi connectivity index (χ1n) is 8.70. The van der Waals surface area contributed by atoms with E-state index < -0.39 is 5.91 Å². The summed E-state index contributed by atoms with van der Waals surface area (Å²) >= 11 is 0. The Hall–Kier alpha value is -3.35. The van der Waals surface area contributed by atoms with Gasteiger partial charge in [-0.1, -0.05) is 18.2 Å². The van der Waals surface area contributed by atoms with Crippen molar-refractivity contribution in [1.82, 2.24) is 4.90 Å². The van der Waals surface area contributed by atoms with E-state index in [-0.39, 0.29) is 25.1 Å². The minimum Gasteiger partial charge on any atom is -0.484 e. The molecule has 3 rings (SSSR count). The zero-order valence-electron chi connectivity index (χ0n) is 14.8. The third kappa shape index (κ3) is 4.63. The highest BCUT2D eigenvalue weighted by atomic mass is 16.5. The molecular formula is C20H21N3O4. The van der Waals surface area contributed by atoms with Crippen molar-refractivity contribution in [3.8, 4) is 5.75 Å². The van der Waals surface area contributed by atoms with Gasteiger partial charge in [0, 0.05) is 24.2 Å². The molecule has 0 atom stereocenters. The van der Waals surface area contributed by atoms with Crippen molar-refractivity contribution < 1.29 is 19.1 Å². The summed E-state index contributed by atoms with van der Waals surface area (Å²) < 4.78 is 5.55. The Bertz CT molecular complexity index is 821. The Kier molecular flexibility index (Phi) is 5.71. The Morgan fingerprint density at radius 1 is 1.07 bits per heavy atom. The number of likely N-dealkylation sites (tertiary alicyclic amines) is 1. The zero-order chi connectivity index (χ0) is 19.2. The molecule has 2 N–H and O–H groups in total. The van der Waals surface area contributed by atoms with Crippen LogP contribution >= 0.6 is 0 Å². The number of amides is 3. The minimum atomic E-state index is -0.540. The van der Waals surface area contributed by atoms with E-state index in [1.165, 1.54) is 4.90 Å². The van der Waals surface area contributed by atoms with Crippen LogP contribution in [0.1, 0.15) is 23.2 Å². The van der Waals surface area contributed by atoms with E-state index in [1.807, 2.05) is 18.2 Å². The second-order valence-electron chi connectivity index (χ2n) is 6.24. The minimum absolute atomic E-state index is 0.0190. The van der Waals surface area contributed by atoms with E-state index in [0.29, 0.717) is 30.0 Å². The molecule has 1 aliphatic heterocycles. The van der Waals surface area contributed by atoms with Crippen molar-refractivity contribution in [2.75, 3.05) is 24.7 Å². The first-order valence-corrected chi connectivity index (χ1v) is 8.70. The van der Waals surface area contributed by atoms with Gasteiger partial charge in [-0.3, -0.25) is 19.3 Å². The van der Waals surface area contributed by atoms with Gasteiger partial charge < -0.3 is 15.4 Å². The van der Waals surface area contributed by atoms with E-state index in [2.05, 4.69) is 0 Å². The molecule has 1 saturated heterocycles. The Morgan fingerprint density at radius 3 is 2.37 bits per heavy atom. The number of ether oxygens (including phenoxy) is 1. The van der Waals surface area contributed by atoms with Crippen molar-refractivity contribution in [2.24, 2.45) is 5.73 Å². The summed E-state index contributed by atoms with van der Waals surface area (Å²) in [6, 6.07) is 15.4. The van der Waals surface area contributed by atoms with Gasteiger partial charge in [0.05, 0.1) is 0 Å². The summed E-state index contributed by atoms with van der Waals surface area (Å²) in [4.78, 5) is 39.2.